The van der Waals surface area contributed by atoms with Crippen LogP contribution >= 0.6 is 0 Å². The first-order valence-electron chi connectivity index (χ1n) is 8.17. The van der Waals surface area contributed by atoms with Crippen LogP contribution in [0.4, 0.5) is 13.2 Å². The maximum atomic E-state index is 12.6. The van der Waals surface area contributed by atoms with Gasteiger partial charge in [0.25, 0.3) is 11.9 Å². The molecule has 12 heteroatoms. The lowest BCUT2D eigenvalue weighted by molar-refractivity contribution is -0.144. The molecule has 0 fully saturated rings. The van der Waals surface area contributed by atoms with Gasteiger partial charge in [-0.1, -0.05) is 30.3 Å². The van der Waals surface area contributed by atoms with Crippen molar-refractivity contribution < 1.29 is 23.1 Å². The van der Waals surface area contributed by atoms with Gasteiger partial charge in [0.2, 0.25) is 11.6 Å². The number of hydrogen-bond acceptors (Lipinski definition) is 6. The average Bonchev–Trinajstić information content (AvgIpc) is 3.29. The second kappa shape index (κ2) is 7.76. The second-order valence-electron chi connectivity index (χ2n) is 5.88. The highest BCUT2D eigenvalue weighted by Gasteiger charge is 2.35. The number of hydrogen-bond donors (Lipinski definition) is 3. The quantitative estimate of drug-likeness (QED) is 0.577. The molecule has 0 aliphatic rings. The molecule has 3 aromatic rings. The molecule has 2 aromatic heterocycles. The van der Waals surface area contributed by atoms with Crippen molar-refractivity contribution in [2.24, 2.45) is 0 Å². The summed E-state index contributed by atoms with van der Waals surface area (Å²) < 4.78 is 38.8. The Bertz CT molecular complexity index is 953. The largest absolute Gasteiger partial charge is 0.451 e. The number of aromatic amines is 1. The molecule has 3 N–H and O–H groups in total. The summed E-state index contributed by atoms with van der Waals surface area (Å²) in [7, 11) is 0. The van der Waals surface area contributed by atoms with Crippen LogP contribution in [0.25, 0.3) is 5.95 Å². The van der Waals surface area contributed by atoms with Crippen LogP contribution in [0.3, 0.4) is 0 Å². The van der Waals surface area contributed by atoms with Crippen molar-refractivity contribution in [3.05, 3.63) is 53.4 Å². The Kier molecular flexibility index (Phi) is 5.40. The van der Waals surface area contributed by atoms with E-state index in [1.54, 1.807) is 5.10 Å². The Morgan fingerprint density at radius 2 is 2.00 bits per heavy atom. The summed E-state index contributed by atoms with van der Waals surface area (Å²) in [6, 6.07) is 9.12. The SMILES string of the molecule is Cc1nc(C(=O)NCC(CO)c2ccccc2)nn1-c1n[nH]c(C(F)(F)F)n1. The highest BCUT2D eigenvalue weighted by atomic mass is 19.4. The van der Waals surface area contributed by atoms with Crippen molar-refractivity contribution >= 4 is 5.91 Å². The lowest BCUT2D eigenvalue weighted by Crippen LogP contribution is -2.30. The predicted octanol–water partition coefficient (Wildman–Crippen LogP) is 1.22. The predicted molar refractivity (Wildman–Crippen MR) is 89.6 cm³/mol. The smallest absolute Gasteiger partial charge is 0.396 e. The van der Waals surface area contributed by atoms with E-state index in [4.69, 9.17) is 0 Å². The number of aliphatic hydroxyl groups excluding tert-OH is 1. The molecule has 1 unspecified atom stereocenters. The zero-order valence-electron chi connectivity index (χ0n) is 14.6. The number of aromatic nitrogens is 6. The Morgan fingerprint density at radius 1 is 1.29 bits per heavy atom. The van der Waals surface area contributed by atoms with Crippen LogP contribution < -0.4 is 5.32 Å². The molecular weight excluding hydrogens is 379 g/mol. The molecule has 0 spiro atoms. The van der Waals surface area contributed by atoms with E-state index in [9.17, 15) is 23.1 Å². The molecule has 148 valence electrons. The van der Waals surface area contributed by atoms with Crippen LogP contribution in [-0.2, 0) is 6.18 Å². The van der Waals surface area contributed by atoms with E-state index in [0.29, 0.717) is 0 Å². The van der Waals surface area contributed by atoms with Gasteiger partial charge in [-0.25, -0.2) is 4.98 Å². The maximum absolute atomic E-state index is 12.6. The minimum Gasteiger partial charge on any atom is -0.396 e. The van der Waals surface area contributed by atoms with E-state index in [0.717, 1.165) is 10.2 Å². The number of halogens is 3. The molecule has 28 heavy (non-hydrogen) atoms. The molecular formula is C16H16F3N7O2. The molecule has 2 heterocycles. The van der Waals surface area contributed by atoms with Crippen molar-refractivity contribution in [3.8, 4) is 5.95 Å². The van der Waals surface area contributed by atoms with Gasteiger partial charge in [0.1, 0.15) is 5.82 Å². The molecule has 0 aliphatic heterocycles. The average molecular weight is 395 g/mol. The van der Waals surface area contributed by atoms with Crippen LogP contribution in [0, 0.1) is 6.92 Å². The van der Waals surface area contributed by atoms with Crippen molar-refractivity contribution in [1.29, 1.82) is 0 Å². The number of amides is 1. The van der Waals surface area contributed by atoms with Gasteiger partial charge in [0.05, 0.1) is 6.61 Å². The Hall–Kier alpha value is -3.28. The zero-order chi connectivity index (χ0) is 20.3. The van der Waals surface area contributed by atoms with Gasteiger partial charge < -0.3 is 10.4 Å². The minimum atomic E-state index is -4.68. The molecule has 0 radical (unpaired) electrons. The fourth-order valence-electron chi connectivity index (χ4n) is 2.46. The summed E-state index contributed by atoms with van der Waals surface area (Å²) in [6.45, 7) is 1.41. The van der Waals surface area contributed by atoms with E-state index in [1.807, 2.05) is 30.3 Å². The fourth-order valence-corrected chi connectivity index (χ4v) is 2.46. The van der Waals surface area contributed by atoms with Crippen LogP contribution in [-0.4, -0.2) is 54.1 Å². The molecule has 3 rings (SSSR count). The lowest BCUT2D eigenvalue weighted by atomic mass is 10.0. The monoisotopic (exact) mass is 395 g/mol. The van der Waals surface area contributed by atoms with E-state index in [-0.39, 0.29) is 36.7 Å². The summed E-state index contributed by atoms with van der Waals surface area (Å²) in [5, 5.41) is 21.2. The third-order valence-corrected chi connectivity index (χ3v) is 3.90. The molecule has 9 nitrogen and oxygen atoms in total. The molecule has 1 aromatic carbocycles. The van der Waals surface area contributed by atoms with Gasteiger partial charge in [0, 0.05) is 12.5 Å². The Labute approximate surface area is 156 Å². The molecule has 1 amide bonds. The van der Waals surface area contributed by atoms with Gasteiger partial charge in [-0.05, 0) is 12.5 Å². The number of rotatable bonds is 6. The van der Waals surface area contributed by atoms with E-state index >= 15 is 0 Å². The minimum absolute atomic E-state index is 0.131. The topological polar surface area (TPSA) is 122 Å². The van der Waals surface area contributed by atoms with Gasteiger partial charge in [0.15, 0.2) is 0 Å². The third-order valence-electron chi connectivity index (χ3n) is 3.90. The van der Waals surface area contributed by atoms with Crippen molar-refractivity contribution in [3.63, 3.8) is 0 Å². The summed E-state index contributed by atoms with van der Waals surface area (Å²) in [6.07, 6.45) is -4.68. The van der Waals surface area contributed by atoms with Gasteiger partial charge in [-0.3, -0.25) is 9.89 Å². The van der Waals surface area contributed by atoms with Gasteiger partial charge in [-0.2, -0.15) is 22.8 Å². The van der Waals surface area contributed by atoms with E-state index in [2.05, 4.69) is 25.5 Å². The highest BCUT2D eigenvalue weighted by Crippen LogP contribution is 2.26. The van der Waals surface area contributed by atoms with Crippen molar-refractivity contribution in [1.82, 2.24) is 35.3 Å². The third kappa shape index (κ3) is 4.17. The Balaban J connectivity index is 1.72. The Morgan fingerprint density at radius 3 is 2.61 bits per heavy atom. The normalized spacial score (nSPS) is 12.8. The number of benzene rings is 1. The van der Waals surface area contributed by atoms with Crippen molar-refractivity contribution in [2.75, 3.05) is 13.2 Å². The summed E-state index contributed by atoms with van der Waals surface area (Å²) >= 11 is 0. The summed E-state index contributed by atoms with van der Waals surface area (Å²) in [5.74, 6) is -2.73. The standard InChI is InChI=1S/C16H16F3N7O2/c1-9-21-12(25-26(9)15-22-14(23-24-15)16(17,18)19)13(28)20-7-11(8-27)10-5-3-2-4-6-10/h2-6,11,27H,7-8H2,1H3,(H,20,28)(H,22,23,24). The van der Waals surface area contributed by atoms with E-state index < -0.39 is 17.9 Å². The summed E-state index contributed by atoms with van der Waals surface area (Å²) in [4.78, 5) is 19.6. The highest BCUT2D eigenvalue weighted by molar-refractivity contribution is 5.90. The molecule has 0 aliphatic carbocycles. The molecule has 0 bridgehead atoms. The fraction of sp³-hybridized carbons (Fsp3) is 0.312. The number of carbonyl (C=O) groups is 1. The molecule has 1 atom stereocenters. The first kappa shape index (κ1) is 19.5. The first-order valence-corrected chi connectivity index (χ1v) is 8.17. The van der Waals surface area contributed by atoms with Crippen LogP contribution in [0.1, 0.15) is 33.7 Å². The van der Waals surface area contributed by atoms with E-state index in [1.165, 1.54) is 6.92 Å². The molecule has 0 saturated heterocycles. The van der Waals surface area contributed by atoms with Gasteiger partial charge >= 0.3 is 6.18 Å². The second-order valence-corrected chi connectivity index (χ2v) is 5.88. The number of H-pyrrole nitrogens is 1. The summed E-state index contributed by atoms with van der Waals surface area (Å²) in [5.41, 5.74) is 0.848. The van der Waals surface area contributed by atoms with Crippen LogP contribution in [0.2, 0.25) is 0 Å². The number of alkyl halides is 3. The van der Waals surface area contributed by atoms with Crippen LogP contribution in [0.15, 0.2) is 30.3 Å². The number of aliphatic hydroxyl groups is 1. The number of carbonyl (C=O) groups excluding carboxylic acids is 1. The lowest BCUT2D eigenvalue weighted by Gasteiger charge is -2.14. The van der Waals surface area contributed by atoms with Crippen molar-refractivity contribution in [2.45, 2.75) is 19.0 Å². The maximum Gasteiger partial charge on any atom is 0.451 e. The number of aryl methyl sites for hydroxylation is 1. The van der Waals surface area contributed by atoms with Crippen LogP contribution in [0.5, 0.6) is 0 Å². The number of nitrogens with one attached hydrogen (secondary N) is 2. The molecule has 0 saturated carbocycles. The number of nitrogens with zero attached hydrogens (tertiary/aromatic N) is 5. The zero-order valence-corrected chi connectivity index (χ0v) is 14.6. The first-order chi connectivity index (χ1) is 13.3. The van der Waals surface area contributed by atoms with Gasteiger partial charge in [-0.15, -0.1) is 10.2 Å².